The minimum atomic E-state index is -0.650. The number of carbonyl (C=O) groups excluding carboxylic acids is 2. The van der Waals surface area contributed by atoms with Gasteiger partial charge in [-0.15, -0.1) is 0 Å². The summed E-state index contributed by atoms with van der Waals surface area (Å²) in [6.07, 6.45) is 20.2. The molecule has 3 saturated carbocycles. The molecule has 2 unspecified atom stereocenters. The number of ether oxygens (including phenoxy) is 3. The molecule has 57 heavy (non-hydrogen) atoms. The van der Waals surface area contributed by atoms with E-state index in [1.54, 1.807) is 48.5 Å². The predicted octanol–water partition coefficient (Wildman–Crippen LogP) is 14.6. The largest absolute Gasteiger partial charge is 0.514 e. The lowest BCUT2D eigenvalue weighted by molar-refractivity contribution is -0.134. The summed E-state index contributed by atoms with van der Waals surface area (Å²) < 4.78 is 17.0. The Morgan fingerprint density at radius 2 is 1.53 bits per heavy atom. The number of hydrogen-bond acceptors (Lipinski definition) is 9. The first-order chi connectivity index (χ1) is 27.5. The van der Waals surface area contributed by atoms with Crippen molar-refractivity contribution >= 4 is 45.1 Å². The van der Waals surface area contributed by atoms with Crippen LogP contribution in [0.1, 0.15) is 137 Å². The second-order valence-electron chi connectivity index (χ2n) is 18.9. The molecule has 0 radical (unpaired) electrons. The standard InChI is InChI=1S/C48H66N2O5S2/c1-32(2)9-8-10-33(3)42-23-24-43-41-22-13-34-31-39(25-28-47(34,4)44(41)26-29-48(42,43)5)55-46(52)54-38-20-16-36(17-21-38)50-49-35-14-18-37(19-15-35)53-45(51)12-7-6-11-40-27-30-56-57-40/h13-21,32-33,39-44H,6-12,22-31H2,1-5H3/t33-,39?,40?,41+,42-,43+,44+,47+,48-/m1/s1. The van der Waals surface area contributed by atoms with E-state index >= 15 is 0 Å². The van der Waals surface area contributed by atoms with Crippen LogP contribution >= 0.6 is 21.6 Å². The van der Waals surface area contributed by atoms with Gasteiger partial charge in [-0.2, -0.15) is 10.2 Å². The number of esters is 1. The number of rotatable bonds is 15. The Kier molecular flexibility index (Phi) is 14.2. The first-order valence-corrected chi connectivity index (χ1v) is 24.6. The van der Waals surface area contributed by atoms with Crippen LogP contribution in [0.25, 0.3) is 0 Å². The maximum atomic E-state index is 13.0. The van der Waals surface area contributed by atoms with Gasteiger partial charge in [-0.25, -0.2) is 4.79 Å². The monoisotopic (exact) mass is 814 g/mol. The van der Waals surface area contributed by atoms with E-state index in [1.165, 1.54) is 75.5 Å². The van der Waals surface area contributed by atoms with E-state index < -0.39 is 6.16 Å². The fourth-order valence-corrected chi connectivity index (χ4v) is 14.7. The van der Waals surface area contributed by atoms with E-state index in [0.717, 1.165) is 72.9 Å². The van der Waals surface area contributed by atoms with Gasteiger partial charge in [0.2, 0.25) is 0 Å². The van der Waals surface area contributed by atoms with Crippen molar-refractivity contribution in [2.45, 2.75) is 149 Å². The molecule has 0 aromatic heterocycles. The first kappa shape index (κ1) is 42.3. The van der Waals surface area contributed by atoms with Crippen molar-refractivity contribution in [3.63, 3.8) is 0 Å². The zero-order valence-electron chi connectivity index (χ0n) is 35.1. The summed E-state index contributed by atoms with van der Waals surface area (Å²) in [7, 11) is 3.94. The molecule has 1 aliphatic heterocycles. The average Bonchev–Trinajstić information content (AvgIpc) is 3.84. The summed E-state index contributed by atoms with van der Waals surface area (Å²) in [6, 6.07) is 14.0. The molecule has 2 aromatic rings. The Morgan fingerprint density at radius 3 is 2.21 bits per heavy atom. The van der Waals surface area contributed by atoms with Crippen LogP contribution in [0.2, 0.25) is 0 Å². The molecule has 1 heterocycles. The molecule has 0 spiro atoms. The molecule has 0 amide bonds. The Hall–Kier alpha value is -2.78. The molecule has 2 aromatic carbocycles. The molecule has 0 N–H and O–H groups in total. The van der Waals surface area contributed by atoms with Crippen LogP contribution in [-0.2, 0) is 9.53 Å². The molecule has 4 aliphatic carbocycles. The zero-order chi connectivity index (χ0) is 40.0. The molecular weight excluding hydrogens is 749 g/mol. The molecule has 310 valence electrons. The van der Waals surface area contributed by atoms with Gasteiger partial charge in [-0.05, 0) is 159 Å². The molecule has 1 saturated heterocycles. The summed E-state index contributed by atoms with van der Waals surface area (Å²) in [5.41, 5.74) is 3.48. The SMILES string of the molecule is CC(C)CCC[C@@H](C)[C@H]1CC[C@H]2[C@@H]3CC=C4CC(OC(=O)Oc5ccc(N=Nc6ccc(OC(=O)CCCCC7CCSS7)cc6)cc5)CC[C@]4(C)[C@H]3CC[C@]12C. The zero-order valence-corrected chi connectivity index (χ0v) is 36.7. The van der Waals surface area contributed by atoms with Gasteiger partial charge >= 0.3 is 12.1 Å². The van der Waals surface area contributed by atoms with Crippen molar-refractivity contribution < 1.29 is 23.8 Å². The molecule has 4 fully saturated rings. The van der Waals surface area contributed by atoms with E-state index in [0.29, 0.717) is 34.7 Å². The summed E-state index contributed by atoms with van der Waals surface area (Å²) in [5.74, 6) is 6.83. The van der Waals surface area contributed by atoms with Crippen LogP contribution in [0.3, 0.4) is 0 Å². The van der Waals surface area contributed by atoms with Gasteiger partial charge in [0.05, 0.1) is 11.4 Å². The quantitative estimate of drug-likeness (QED) is 0.0336. The summed E-state index contributed by atoms with van der Waals surface area (Å²) in [5, 5.41) is 9.37. The number of hydrogen-bond donors (Lipinski definition) is 0. The summed E-state index contributed by atoms with van der Waals surface area (Å²) >= 11 is 0. The Balaban J connectivity index is 0.845. The third-order valence-electron chi connectivity index (χ3n) is 14.8. The average molecular weight is 815 g/mol. The Bertz CT molecular complexity index is 1720. The van der Waals surface area contributed by atoms with Crippen LogP contribution < -0.4 is 9.47 Å². The lowest BCUT2D eigenvalue weighted by Crippen LogP contribution is -2.51. The van der Waals surface area contributed by atoms with Crippen LogP contribution in [0.15, 0.2) is 70.4 Å². The molecule has 0 bridgehead atoms. The smallest absolute Gasteiger partial charge is 0.430 e. The van der Waals surface area contributed by atoms with Gasteiger partial charge in [-0.1, -0.05) is 93.5 Å². The molecule has 7 nitrogen and oxygen atoms in total. The van der Waals surface area contributed by atoms with E-state index in [4.69, 9.17) is 14.2 Å². The second kappa shape index (κ2) is 19.1. The molecule has 7 rings (SSSR count). The third kappa shape index (κ3) is 10.3. The topological polar surface area (TPSA) is 86.6 Å². The number of benzene rings is 2. The van der Waals surface area contributed by atoms with E-state index in [9.17, 15) is 9.59 Å². The van der Waals surface area contributed by atoms with Crippen molar-refractivity contribution in [3.05, 3.63) is 60.2 Å². The maximum Gasteiger partial charge on any atom is 0.514 e. The van der Waals surface area contributed by atoms with Gasteiger partial charge in [0.1, 0.15) is 17.6 Å². The van der Waals surface area contributed by atoms with E-state index in [2.05, 4.69) is 50.9 Å². The third-order valence-corrected chi connectivity index (χ3v) is 17.8. The highest BCUT2D eigenvalue weighted by atomic mass is 33.1. The van der Waals surface area contributed by atoms with Gasteiger partial charge in [0.25, 0.3) is 0 Å². The van der Waals surface area contributed by atoms with E-state index in [-0.39, 0.29) is 17.5 Å². The number of azo groups is 1. The number of unbranched alkanes of at least 4 members (excludes halogenated alkanes) is 1. The van der Waals surface area contributed by atoms with Gasteiger partial charge < -0.3 is 14.2 Å². The van der Waals surface area contributed by atoms with Crippen LogP contribution in [0.5, 0.6) is 11.5 Å². The van der Waals surface area contributed by atoms with Gasteiger partial charge in [0, 0.05) is 23.8 Å². The normalized spacial score (nSPS) is 31.3. The fourth-order valence-electron chi connectivity index (χ4n) is 11.7. The number of carbonyl (C=O) groups is 2. The van der Waals surface area contributed by atoms with Crippen LogP contribution in [-0.4, -0.2) is 29.2 Å². The van der Waals surface area contributed by atoms with Gasteiger partial charge in [0.15, 0.2) is 0 Å². The molecule has 5 aliphatic rings. The maximum absolute atomic E-state index is 13.0. The van der Waals surface area contributed by atoms with Crippen LogP contribution in [0.4, 0.5) is 16.2 Å². The second-order valence-corrected chi connectivity index (χ2v) is 21.6. The minimum absolute atomic E-state index is 0.155. The fraction of sp³-hybridized carbons (Fsp3) is 0.667. The highest BCUT2D eigenvalue weighted by Crippen LogP contribution is 2.67. The van der Waals surface area contributed by atoms with Crippen molar-refractivity contribution in [2.24, 2.45) is 56.6 Å². The highest BCUT2D eigenvalue weighted by Gasteiger charge is 2.59. The molecule has 9 heteroatoms. The van der Waals surface area contributed by atoms with Crippen molar-refractivity contribution in [1.82, 2.24) is 0 Å². The van der Waals surface area contributed by atoms with Gasteiger partial charge in [-0.3, -0.25) is 4.79 Å². The Morgan fingerprint density at radius 1 is 0.807 bits per heavy atom. The minimum Gasteiger partial charge on any atom is -0.430 e. The van der Waals surface area contributed by atoms with Crippen molar-refractivity contribution in [3.8, 4) is 11.5 Å². The number of allylic oxidation sites excluding steroid dienone is 1. The Labute approximate surface area is 350 Å². The summed E-state index contributed by atoms with van der Waals surface area (Å²) in [4.78, 5) is 25.2. The predicted molar refractivity (Wildman–Crippen MR) is 234 cm³/mol. The lowest BCUT2D eigenvalue weighted by atomic mass is 9.47. The first-order valence-electron chi connectivity index (χ1n) is 22.2. The van der Waals surface area contributed by atoms with Crippen molar-refractivity contribution in [1.29, 1.82) is 0 Å². The van der Waals surface area contributed by atoms with Crippen LogP contribution in [0, 0.1) is 46.3 Å². The van der Waals surface area contributed by atoms with E-state index in [1.807, 2.05) is 21.6 Å². The van der Waals surface area contributed by atoms with Crippen molar-refractivity contribution in [2.75, 3.05) is 5.75 Å². The number of fused-ring (bicyclic) bond motifs is 5. The highest BCUT2D eigenvalue weighted by molar-refractivity contribution is 8.77. The molecular formula is C48H66N2O5S2. The number of nitrogens with zero attached hydrogens (tertiary/aromatic N) is 2. The summed E-state index contributed by atoms with van der Waals surface area (Å²) in [6.45, 7) is 12.5. The molecule has 9 atom stereocenters. The lowest BCUT2D eigenvalue weighted by Gasteiger charge is -2.58.